The van der Waals surface area contributed by atoms with Crippen molar-refractivity contribution in [1.29, 1.82) is 0 Å². The summed E-state index contributed by atoms with van der Waals surface area (Å²) >= 11 is 6.78. The Hall–Kier alpha value is -1.57. The summed E-state index contributed by atoms with van der Waals surface area (Å²) < 4.78 is 6.90. The highest BCUT2D eigenvalue weighted by molar-refractivity contribution is 9.11. The molecule has 0 aliphatic heterocycles. The van der Waals surface area contributed by atoms with Crippen molar-refractivity contribution in [3.63, 3.8) is 0 Å². The van der Waals surface area contributed by atoms with Gasteiger partial charge in [0.25, 0.3) is 0 Å². The quantitative estimate of drug-likeness (QED) is 0.713. The van der Waals surface area contributed by atoms with Crippen LogP contribution in [0.25, 0.3) is 11.5 Å². The average molecular weight is 410 g/mol. The summed E-state index contributed by atoms with van der Waals surface area (Å²) in [6.45, 7) is 0. The minimum Gasteiger partial charge on any atom is -0.337 e. The van der Waals surface area contributed by atoms with Gasteiger partial charge in [0.1, 0.15) is 11.7 Å². The normalized spacial score (nSPS) is 12.3. The van der Waals surface area contributed by atoms with Gasteiger partial charge in [-0.2, -0.15) is 4.98 Å². The Bertz CT molecular complexity index is 761. The first-order valence-corrected chi connectivity index (χ1v) is 7.69. The first-order valence-electron chi connectivity index (χ1n) is 6.10. The molecule has 0 amide bonds. The molecule has 0 radical (unpaired) electrons. The van der Waals surface area contributed by atoms with E-state index in [2.05, 4.69) is 47.0 Å². The Morgan fingerprint density at radius 3 is 2.62 bits per heavy atom. The van der Waals surface area contributed by atoms with Crippen LogP contribution in [0.4, 0.5) is 0 Å². The lowest BCUT2D eigenvalue weighted by Crippen LogP contribution is -2.12. The molecule has 3 rings (SSSR count). The Labute approximate surface area is 137 Å². The zero-order valence-corrected chi connectivity index (χ0v) is 13.9. The van der Waals surface area contributed by atoms with Gasteiger partial charge in [-0.15, -0.1) is 0 Å². The van der Waals surface area contributed by atoms with Crippen LogP contribution in [-0.2, 0) is 0 Å². The van der Waals surface area contributed by atoms with Crippen LogP contribution in [-0.4, -0.2) is 15.1 Å². The monoisotopic (exact) mass is 408 g/mol. The van der Waals surface area contributed by atoms with Crippen LogP contribution in [0.3, 0.4) is 0 Å². The minimum absolute atomic E-state index is 0.354. The SMILES string of the molecule is NC(c1ccccc1)c1nc(-c2ncc(Br)cc2Br)no1. The van der Waals surface area contributed by atoms with Gasteiger partial charge in [-0.3, -0.25) is 4.98 Å². The zero-order chi connectivity index (χ0) is 14.8. The van der Waals surface area contributed by atoms with Gasteiger partial charge in [0, 0.05) is 15.1 Å². The molecular formula is C14H10Br2N4O. The van der Waals surface area contributed by atoms with E-state index < -0.39 is 6.04 Å². The van der Waals surface area contributed by atoms with Crippen molar-refractivity contribution in [3.8, 4) is 11.5 Å². The molecule has 3 aromatic rings. The van der Waals surface area contributed by atoms with Crippen molar-refractivity contribution in [3.05, 3.63) is 63.0 Å². The number of benzene rings is 1. The Morgan fingerprint density at radius 2 is 1.90 bits per heavy atom. The molecule has 1 atom stereocenters. The van der Waals surface area contributed by atoms with Crippen molar-refractivity contribution in [1.82, 2.24) is 15.1 Å². The zero-order valence-electron chi connectivity index (χ0n) is 10.7. The number of aromatic nitrogens is 3. The van der Waals surface area contributed by atoms with Gasteiger partial charge in [0.2, 0.25) is 11.7 Å². The summed E-state index contributed by atoms with van der Waals surface area (Å²) in [6, 6.07) is 11.0. The van der Waals surface area contributed by atoms with Gasteiger partial charge in [-0.1, -0.05) is 35.5 Å². The predicted molar refractivity (Wildman–Crippen MR) is 85.4 cm³/mol. The Balaban J connectivity index is 1.93. The highest BCUT2D eigenvalue weighted by Crippen LogP contribution is 2.27. The maximum atomic E-state index is 6.13. The number of nitrogens with two attached hydrogens (primary N) is 1. The molecule has 106 valence electrons. The molecule has 7 heteroatoms. The van der Waals surface area contributed by atoms with Crippen molar-refractivity contribution >= 4 is 31.9 Å². The van der Waals surface area contributed by atoms with Crippen molar-refractivity contribution < 1.29 is 4.52 Å². The third kappa shape index (κ3) is 3.04. The first-order chi connectivity index (χ1) is 10.1. The summed E-state index contributed by atoms with van der Waals surface area (Å²) in [4.78, 5) is 8.61. The second-order valence-electron chi connectivity index (χ2n) is 4.33. The standard InChI is InChI=1S/C14H10Br2N4O/c15-9-6-10(16)12(18-7-9)13-19-14(21-20-13)11(17)8-4-2-1-3-5-8/h1-7,11H,17H2. The summed E-state index contributed by atoms with van der Waals surface area (Å²) in [6.07, 6.45) is 1.67. The number of halogens is 2. The number of hydrogen-bond donors (Lipinski definition) is 1. The average Bonchev–Trinajstić information content (AvgIpc) is 2.97. The largest absolute Gasteiger partial charge is 0.337 e. The molecule has 5 nitrogen and oxygen atoms in total. The van der Waals surface area contributed by atoms with Crippen LogP contribution in [0.1, 0.15) is 17.5 Å². The van der Waals surface area contributed by atoms with Gasteiger partial charge >= 0.3 is 0 Å². The molecule has 2 N–H and O–H groups in total. The molecule has 1 aromatic carbocycles. The molecule has 0 spiro atoms. The molecule has 0 saturated heterocycles. The second kappa shape index (κ2) is 6.05. The van der Waals surface area contributed by atoms with Crippen LogP contribution in [0.15, 0.2) is 56.1 Å². The summed E-state index contributed by atoms with van der Waals surface area (Å²) in [5.74, 6) is 0.753. The molecule has 2 aromatic heterocycles. The molecule has 0 bridgehead atoms. The molecule has 0 aliphatic carbocycles. The molecule has 0 aliphatic rings. The lowest BCUT2D eigenvalue weighted by molar-refractivity contribution is 0.367. The maximum Gasteiger partial charge on any atom is 0.248 e. The van der Waals surface area contributed by atoms with Crippen LogP contribution < -0.4 is 5.73 Å². The molecule has 21 heavy (non-hydrogen) atoms. The topological polar surface area (TPSA) is 77.8 Å². The van der Waals surface area contributed by atoms with Gasteiger partial charge < -0.3 is 10.3 Å². The highest BCUT2D eigenvalue weighted by Gasteiger charge is 2.19. The fraction of sp³-hybridized carbons (Fsp3) is 0.0714. The Kier molecular flexibility index (Phi) is 4.14. The maximum absolute atomic E-state index is 6.13. The van der Waals surface area contributed by atoms with Crippen LogP contribution in [0.2, 0.25) is 0 Å². The smallest absolute Gasteiger partial charge is 0.248 e. The van der Waals surface area contributed by atoms with Crippen molar-refractivity contribution in [2.45, 2.75) is 6.04 Å². The van der Waals surface area contributed by atoms with E-state index in [4.69, 9.17) is 10.3 Å². The van der Waals surface area contributed by atoms with Gasteiger partial charge in [-0.05, 0) is 43.5 Å². The van der Waals surface area contributed by atoms with E-state index in [1.807, 2.05) is 36.4 Å². The van der Waals surface area contributed by atoms with Gasteiger partial charge in [-0.25, -0.2) is 0 Å². The molecule has 0 fully saturated rings. The lowest BCUT2D eigenvalue weighted by Gasteiger charge is -2.05. The molecule has 0 saturated carbocycles. The third-order valence-electron chi connectivity index (χ3n) is 2.89. The summed E-state index contributed by atoms with van der Waals surface area (Å²) in [7, 11) is 0. The fourth-order valence-electron chi connectivity index (χ4n) is 1.84. The predicted octanol–water partition coefficient (Wildman–Crippen LogP) is 3.70. The number of pyridine rings is 1. The van der Waals surface area contributed by atoms with Crippen molar-refractivity contribution in [2.75, 3.05) is 0 Å². The van der Waals surface area contributed by atoms with E-state index in [0.717, 1.165) is 14.5 Å². The van der Waals surface area contributed by atoms with E-state index in [-0.39, 0.29) is 0 Å². The molecular weight excluding hydrogens is 400 g/mol. The Morgan fingerprint density at radius 1 is 1.14 bits per heavy atom. The van der Waals surface area contributed by atoms with E-state index in [0.29, 0.717) is 17.4 Å². The van der Waals surface area contributed by atoms with Gasteiger partial charge in [0.05, 0.1) is 0 Å². The highest BCUT2D eigenvalue weighted by atomic mass is 79.9. The molecule has 2 heterocycles. The van der Waals surface area contributed by atoms with E-state index >= 15 is 0 Å². The van der Waals surface area contributed by atoms with Gasteiger partial charge in [0.15, 0.2) is 0 Å². The lowest BCUT2D eigenvalue weighted by atomic mass is 10.1. The summed E-state index contributed by atoms with van der Waals surface area (Å²) in [5.41, 5.74) is 7.65. The molecule has 1 unspecified atom stereocenters. The van der Waals surface area contributed by atoms with E-state index in [9.17, 15) is 0 Å². The number of nitrogens with zero attached hydrogens (tertiary/aromatic N) is 3. The van der Waals surface area contributed by atoms with Crippen LogP contribution in [0.5, 0.6) is 0 Å². The third-order valence-corrected chi connectivity index (χ3v) is 3.92. The van der Waals surface area contributed by atoms with Crippen LogP contribution in [0, 0.1) is 0 Å². The van der Waals surface area contributed by atoms with Crippen molar-refractivity contribution in [2.24, 2.45) is 5.73 Å². The van der Waals surface area contributed by atoms with Crippen LogP contribution >= 0.6 is 31.9 Å². The number of rotatable bonds is 3. The van der Waals surface area contributed by atoms with E-state index in [1.165, 1.54) is 0 Å². The minimum atomic E-state index is -0.457. The second-order valence-corrected chi connectivity index (χ2v) is 6.10. The fourth-order valence-corrected chi connectivity index (χ4v) is 3.00. The number of hydrogen-bond acceptors (Lipinski definition) is 5. The summed E-state index contributed by atoms with van der Waals surface area (Å²) in [5, 5.41) is 3.95. The first kappa shape index (κ1) is 14.4. The van der Waals surface area contributed by atoms with E-state index in [1.54, 1.807) is 6.20 Å².